The molecule has 0 unspecified atom stereocenters. The molecule has 1 amide bonds. The molecule has 0 heterocycles. The number of hydrogen-bond acceptors (Lipinski definition) is 6. The molecule has 0 aliphatic carbocycles. The minimum Gasteiger partial charge on any atom is -0.453 e. The number of rotatable bonds is 2. The van der Waals surface area contributed by atoms with Crippen molar-refractivity contribution in [2.24, 2.45) is 0 Å². The van der Waals surface area contributed by atoms with Gasteiger partial charge in [0.2, 0.25) is 0 Å². The number of methoxy groups -OCH3 is 1. The lowest BCUT2D eigenvalue weighted by atomic mass is 10.2. The zero-order chi connectivity index (χ0) is 19.7. The van der Waals surface area contributed by atoms with Crippen molar-refractivity contribution in [3.8, 4) is 0 Å². The second-order valence-electron chi connectivity index (χ2n) is 4.95. The molecule has 26 heavy (non-hydrogen) atoms. The second kappa shape index (κ2) is 9.70. The maximum absolute atomic E-state index is 10.8. The zero-order valence-corrected chi connectivity index (χ0v) is 15.7. The van der Waals surface area contributed by atoms with Gasteiger partial charge in [-0.25, -0.2) is 4.79 Å². The van der Waals surface area contributed by atoms with Gasteiger partial charge in [0.1, 0.15) is 0 Å². The summed E-state index contributed by atoms with van der Waals surface area (Å²) in [5, 5.41) is 5.22. The first-order chi connectivity index (χ1) is 12.1. The number of para-hydroxylation sites is 2. The summed E-state index contributed by atoms with van der Waals surface area (Å²) in [6.45, 7) is 1.84. The molecule has 0 aliphatic rings. The Morgan fingerprint density at radius 1 is 1.15 bits per heavy atom. The van der Waals surface area contributed by atoms with Gasteiger partial charge in [-0.05, 0) is 43.4 Å². The minimum absolute atomic E-state index is 0.0666. The molecule has 2 aromatic carbocycles. The number of hydrogen-bond donors (Lipinski definition) is 4. The molecule has 5 N–H and O–H groups in total. The first-order valence-electron chi connectivity index (χ1n) is 7.18. The van der Waals surface area contributed by atoms with Crippen molar-refractivity contribution in [3.05, 3.63) is 54.1 Å². The summed E-state index contributed by atoms with van der Waals surface area (Å²) >= 11 is 4.86. The standard InChI is InChI=1S/C9H11N3O2S.C7H8O3S/c1-14-9(13)12-8(15)11-7-5-3-2-4-6(7)10;1-6-2-4-7(5-3-6)11(8,9)10/h2-5H,10H2,1H3,(H2,11,12,13,15);2-5H,1H3,(H,8,9,10). The SMILES string of the molecule is COC(=O)NC(=S)Nc1ccccc1N.Cc1ccc(S(=O)(=O)O)cc1. The Morgan fingerprint density at radius 3 is 2.23 bits per heavy atom. The lowest BCUT2D eigenvalue weighted by molar-refractivity contribution is 0.177. The van der Waals surface area contributed by atoms with Crippen LogP contribution in [0.5, 0.6) is 0 Å². The maximum Gasteiger partial charge on any atom is 0.413 e. The van der Waals surface area contributed by atoms with Crippen molar-refractivity contribution in [1.29, 1.82) is 0 Å². The summed E-state index contributed by atoms with van der Waals surface area (Å²) in [5.74, 6) is 0. The van der Waals surface area contributed by atoms with Crippen LogP contribution in [-0.2, 0) is 14.9 Å². The summed E-state index contributed by atoms with van der Waals surface area (Å²) in [7, 11) is -2.76. The van der Waals surface area contributed by atoms with Gasteiger partial charge in [-0.1, -0.05) is 29.8 Å². The molecule has 140 valence electrons. The van der Waals surface area contributed by atoms with Gasteiger partial charge in [0.25, 0.3) is 10.1 Å². The normalized spacial score (nSPS) is 10.1. The number of carbonyl (C=O) groups excluding carboxylic acids is 1. The lowest BCUT2D eigenvalue weighted by Gasteiger charge is -2.10. The monoisotopic (exact) mass is 397 g/mol. The van der Waals surface area contributed by atoms with Crippen LogP contribution in [0.25, 0.3) is 0 Å². The van der Waals surface area contributed by atoms with Crippen molar-refractivity contribution in [2.75, 3.05) is 18.2 Å². The molecule has 0 bridgehead atoms. The molecule has 0 aliphatic heterocycles. The highest BCUT2D eigenvalue weighted by Crippen LogP contribution is 2.16. The summed E-state index contributed by atoms with van der Waals surface area (Å²) in [6, 6.07) is 13.1. The smallest absolute Gasteiger partial charge is 0.413 e. The van der Waals surface area contributed by atoms with Gasteiger partial charge in [-0.3, -0.25) is 9.87 Å². The van der Waals surface area contributed by atoms with Crippen LogP contribution in [0.2, 0.25) is 0 Å². The van der Waals surface area contributed by atoms with Gasteiger partial charge in [0.15, 0.2) is 5.11 Å². The van der Waals surface area contributed by atoms with Crippen LogP contribution in [0.15, 0.2) is 53.4 Å². The van der Waals surface area contributed by atoms with Crippen LogP contribution in [0.4, 0.5) is 16.2 Å². The highest BCUT2D eigenvalue weighted by atomic mass is 32.2. The Hall–Kier alpha value is -2.69. The number of anilines is 2. The molecule has 0 radical (unpaired) electrons. The largest absolute Gasteiger partial charge is 0.453 e. The predicted molar refractivity (Wildman–Crippen MR) is 104 cm³/mol. The number of nitrogens with one attached hydrogen (secondary N) is 2. The van der Waals surface area contributed by atoms with E-state index in [1.165, 1.54) is 19.2 Å². The fraction of sp³-hybridized carbons (Fsp3) is 0.125. The number of ether oxygens (including phenoxy) is 1. The van der Waals surface area contributed by atoms with Gasteiger partial charge in [-0.15, -0.1) is 0 Å². The quantitative estimate of drug-likeness (QED) is 0.345. The van der Waals surface area contributed by atoms with Crippen LogP contribution in [0, 0.1) is 6.92 Å². The number of aryl methyl sites for hydroxylation is 1. The van der Waals surface area contributed by atoms with Crippen molar-refractivity contribution in [2.45, 2.75) is 11.8 Å². The van der Waals surface area contributed by atoms with Crippen LogP contribution in [0.1, 0.15) is 5.56 Å². The van der Waals surface area contributed by atoms with E-state index in [-0.39, 0.29) is 10.0 Å². The van der Waals surface area contributed by atoms with Crippen molar-refractivity contribution < 1.29 is 22.5 Å². The first kappa shape index (κ1) is 21.4. The van der Waals surface area contributed by atoms with E-state index in [9.17, 15) is 13.2 Å². The number of nitrogens with two attached hydrogens (primary N) is 1. The molecule has 0 saturated heterocycles. The summed E-state index contributed by atoms with van der Waals surface area (Å²) in [6.07, 6.45) is -0.623. The van der Waals surface area contributed by atoms with Gasteiger partial charge >= 0.3 is 6.09 Å². The third kappa shape index (κ3) is 7.47. The van der Waals surface area contributed by atoms with Crippen molar-refractivity contribution >= 4 is 44.9 Å². The molecule has 0 saturated carbocycles. The zero-order valence-electron chi connectivity index (χ0n) is 14.1. The van der Waals surface area contributed by atoms with Crippen LogP contribution < -0.4 is 16.4 Å². The Balaban J connectivity index is 0.000000273. The van der Waals surface area contributed by atoms with E-state index in [0.29, 0.717) is 11.4 Å². The fourth-order valence-corrected chi connectivity index (χ4v) is 2.29. The molecular formula is C16H19N3O5S2. The number of nitrogen functional groups attached to an aromatic ring is 1. The molecule has 0 aromatic heterocycles. The topological polar surface area (TPSA) is 131 Å². The Kier molecular flexibility index (Phi) is 7.97. The third-order valence-corrected chi connectivity index (χ3v) is 4.00. The van der Waals surface area contributed by atoms with Gasteiger partial charge in [-0.2, -0.15) is 8.42 Å². The average Bonchev–Trinajstić information content (AvgIpc) is 2.57. The summed E-state index contributed by atoms with van der Waals surface area (Å²) in [5.41, 5.74) is 7.81. The number of benzene rings is 2. The number of alkyl carbamates (subject to hydrolysis) is 1. The highest BCUT2D eigenvalue weighted by molar-refractivity contribution is 7.85. The van der Waals surface area contributed by atoms with Crippen LogP contribution in [0.3, 0.4) is 0 Å². The molecule has 8 nitrogen and oxygen atoms in total. The van der Waals surface area contributed by atoms with E-state index in [0.717, 1.165) is 5.56 Å². The summed E-state index contributed by atoms with van der Waals surface area (Å²) in [4.78, 5) is 10.7. The van der Waals surface area contributed by atoms with E-state index < -0.39 is 16.2 Å². The predicted octanol–water partition coefficient (Wildman–Crippen LogP) is 2.56. The molecule has 10 heteroatoms. The van der Waals surface area contributed by atoms with E-state index in [4.69, 9.17) is 22.5 Å². The Labute approximate surface area is 157 Å². The fourth-order valence-electron chi connectivity index (χ4n) is 1.62. The Bertz CT molecular complexity index is 868. The number of thiocarbonyl (C=S) groups is 1. The van der Waals surface area contributed by atoms with E-state index in [2.05, 4.69) is 15.4 Å². The van der Waals surface area contributed by atoms with E-state index in [1.54, 1.807) is 36.4 Å². The van der Waals surface area contributed by atoms with E-state index in [1.807, 2.05) is 6.92 Å². The molecule has 2 rings (SSSR count). The maximum atomic E-state index is 10.8. The molecule has 0 spiro atoms. The van der Waals surface area contributed by atoms with Crippen molar-refractivity contribution in [3.63, 3.8) is 0 Å². The number of carbonyl (C=O) groups is 1. The van der Waals surface area contributed by atoms with Crippen LogP contribution in [-0.4, -0.2) is 31.3 Å². The van der Waals surface area contributed by atoms with Gasteiger partial charge in [0.05, 0.1) is 23.4 Å². The Morgan fingerprint density at radius 2 is 1.73 bits per heavy atom. The minimum atomic E-state index is -4.02. The van der Waals surface area contributed by atoms with Gasteiger partial charge in [0, 0.05) is 0 Å². The van der Waals surface area contributed by atoms with Crippen LogP contribution >= 0.6 is 12.2 Å². The third-order valence-electron chi connectivity index (χ3n) is 2.93. The molecule has 2 aromatic rings. The highest BCUT2D eigenvalue weighted by Gasteiger charge is 2.07. The number of amides is 1. The van der Waals surface area contributed by atoms with Crippen molar-refractivity contribution in [1.82, 2.24) is 5.32 Å². The van der Waals surface area contributed by atoms with E-state index >= 15 is 0 Å². The second-order valence-corrected chi connectivity index (χ2v) is 6.78. The molecule has 0 atom stereocenters. The summed E-state index contributed by atoms with van der Waals surface area (Å²) < 4.78 is 33.9. The van der Waals surface area contributed by atoms with Gasteiger partial charge < -0.3 is 15.8 Å². The lowest BCUT2D eigenvalue weighted by Crippen LogP contribution is -2.34. The molecule has 0 fully saturated rings. The molecular weight excluding hydrogens is 378 g/mol. The first-order valence-corrected chi connectivity index (χ1v) is 9.03. The average molecular weight is 397 g/mol.